The third-order valence-corrected chi connectivity index (χ3v) is 6.06. The Morgan fingerprint density at radius 2 is 1.86 bits per heavy atom. The van der Waals surface area contributed by atoms with Gasteiger partial charge < -0.3 is 14.5 Å². The highest BCUT2D eigenvalue weighted by molar-refractivity contribution is 8.13. The fourth-order valence-electron chi connectivity index (χ4n) is 3.35. The van der Waals surface area contributed by atoms with E-state index in [4.69, 9.17) is 4.74 Å². The topological polar surface area (TPSA) is 71.0 Å². The second-order valence-corrected chi connectivity index (χ2v) is 10.6. The fraction of sp³-hybridized carbons (Fsp3) is 0.857. The van der Waals surface area contributed by atoms with Crippen LogP contribution in [0.5, 0.6) is 0 Å². The molecule has 0 aromatic heterocycles. The molecular weight excluding hydrogens is 388 g/mol. The number of ketones is 1. The molecule has 0 aromatic carbocycles. The first-order chi connectivity index (χ1) is 13.7. The first-order valence-corrected chi connectivity index (χ1v) is 12.0. The van der Waals surface area contributed by atoms with Gasteiger partial charge in [-0.05, 0) is 25.2 Å². The van der Waals surface area contributed by atoms with Crippen LogP contribution in [-0.4, -0.2) is 72.2 Å². The van der Waals surface area contributed by atoms with Crippen molar-refractivity contribution >= 4 is 28.8 Å². The molecule has 0 spiro atoms. The van der Waals surface area contributed by atoms with E-state index in [1.54, 1.807) is 0 Å². The average molecular weight is 428 g/mol. The van der Waals surface area contributed by atoms with Crippen LogP contribution in [0.4, 0.5) is 4.79 Å². The molecule has 0 bridgehead atoms. The van der Waals surface area contributed by atoms with Gasteiger partial charge >= 0.3 is 6.03 Å². The molecule has 1 atom stereocenters. The number of quaternary nitrogens is 1. The Balaban J connectivity index is 2.01. The van der Waals surface area contributed by atoms with E-state index in [-0.39, 0.29) is 17.9 Å². The van der Waals surface area contributed by atoms with Crippen LogP contribution in [0.15, 0.2) is 5.10 Å². The van der Waals surface area contributed by atoms with E-state index in [0.717, 1.165) is 48.9 Å². The first-order valence-electron chi connectivity index (χ1n) is 11.0. The van der Waals surface area contributed by atoms with Crippen LogP contribution in [0.25, 0.3) is 0 Å². The number of Topliss-reactive ketones (excluding diaryl/α,β-unsaturated/α-hetero) is 1. The molecule has 8 heteroatoms. The van der Waals surface area contributed by atoms with E-state index in [1.807, 2.05) is 0 Å². The summed E-state index contributed by atoms with van der Waals surface area (Å²) < 4.78 is 6.68. The number of carbonyl (C=O) groups is 2. The molecule has 29 heavy (non-hydrogen) atoms. The van der Waals surface area contributed by atoms with Gasteiger partial charge in [0.15, 0.2) is 5.78 Å². The zero-order valence-corrected chi connectivity index (χ0v) is 19.6. The van der Waals surface area contributed by atoms with Crippen molar-refractivity contribution in [3.05, 3.63) is 0 Å². The molecule has 2 aliphatic rings. The van der Waals surface area contributed by atoms with E-state index >= 15 is 0 Å². The number of nitrogens with zero attached hydrogens (tertiary/aromatic N) is 3. The van der Waals surface area contributed by atoms with Crippen LogP contribution in [-0.2, 0) is 9.53 Å². The van der Waals surface area contributed by atoms with E-state index in [1.165, 1.54) is 29.6 Å². The molecule has 2 rings (SSSR count). The molecule has 0 aromatic rings. The van der Waals surface area contributed by atoms with E-state index < -0.39 is 6.23 Å². The minimum atomic E-state index is -0.939. The SMILES string of the molecule is CC(C)CCC(=O)C1OC(SCC[N+](C)(C)C)=NN1C(=O)NC1CCCCCC1. The predicted molar refractivity (Wildman–Crippen MR) is 119 cm³/mol. The Labute approximate surface area is 180 Å². The van der Waals surface area contributed by atoms with Crippen molar-refractivity contribution in [1.29, 1.82) is 0 Å². The second kappa shape index (κ2) is 11.2. The lowest BCUT2D eigenvalue weighted by Gasteiger charge is -2.23. The van der Waals surface area contributed by atoms with E-state index in [2.05, 4.69) is 45.4 Å². The molecule has 0 radical (unpaired) electrons. The van der Waals surface area contributed by atoms with Crippen molar-refractivity contribution in [2.75, 3.05) is 33.4 Å². The van der Waals surface area contributed by atoms with Gasteiger partial charge in [0.1, 0.15) is 0 Å². The van der Waals surface area contributed by atoms with Crippen molar-refractivity contribution in [1.82, 2.24) is 10.3 Å². The Hall–Kier alpha value is -1.28. The van der Waals surface area contributed by atoms with Crippen LogP contribution in [0, 0.1) is 5.92 Å². The maximum atomic E-state index is 12.9. The highest BCUT2D eigenvalue weighted by atomic mass is 32.2. The summed E-state index contributed by atoms with van der Waals surface area (Å²) in [6, 6.07) is -0.163. The lowest BCUT2D eigenvalue weighted by atomic mass is 10.1. The molecule has 1 N–H and O–H groups in total. The number of ether oxygens (including phenoxy) is 1. The van der Waals surface area contributed by atoms with Crippen LogP contribution in [0.2, 0.25) is 0 Å². The van der Waals surface area contributed by atoms with E-state index in [9.17, 15) is 9.59 Å². The minimum Gasteiger partial charge on any atom is -0.438 e. The fourth-order valence-corrected chi connectivity index (χ4v) is 4.47. The Bertz CT molecular complexity index is 581. The van der Waals surface area contributed by atoms with Gasteiger partial charge in [-0.2, -0.15) is 5.01 Å². The molecule has 1 fully saturated rings. The average Bonchev–Trinajstić information content (AvgIpc) is 2.88. The van der Waals surface area contributed by atoms with Gasteiger partial charge in [0.2, 0.25) is 0 Å². The molecule has 1 aliphatic heterocycles. The third kappa shape index (κ3) is 8.54. The summed E-state index contributed by atoms with van der Waals surface area (Å²) in [5.41, 5.74) is 0. The Morgan fingerprint density at radius 3 is 2.45 bits per heavy atom. The predicted octanol–water partition coefficient (Wildman–Crippen LogP) is 3.79. The van der Waals surface area contributed by atoms with Crippen molar-refractivity contribution < 1.29 is 18.8 Å². The number of thioether (sulfide) groups is 1. The van der Waals surface area contributed by atoms with Gasteiger partial charge in [0.05, 0.1) is 33.4 Å². The lowest BCUT2D eigenvalue weighted by molar-refractivity contribution is -0.867. The van der Waals surface area contributed by atoms with Gasteiger partial charge in [-0.3, -0.25) is 4.79 Å². The summed E-state index contributed by atoms with van der Waals surface area (Å²) in [6.07, 6.45) is 6.92. The highest BCUT2D eigenvalue weighted by Crippen LogP contribution is 2.24. The van der Waals surface area contributed by atoms with Gasteiger partial charge in [0.25, 0.3) is 11.5 Å². The molecule has 1 saturated carbocycles. The van der Waals surface area contributed by atoms with Crippen molar-refractivity contribution in [2.24, 2.45) is 11.0 Å². The molecule has 2 amide bonds. The highest BCUT2D eigenvalue weighted by Gasteiger charge is 2.39. The van der Waals surface area contributed by atoms with Crippen LogP contribution in [0.3, 0.4) is 0 Å². The zero-order valence-electron chi connectivity index (χ0n) is 18.8. The maximum absolute atomic E-state index is 12.9. The van der Waals surface area contributed by atoms with Gasteiger partial charge in [-0.15, -0.1) is 5.10 Å². The number of hydrazone groups is 1. The van der Waals surface area contributed by atoms with E-state index in [0.29, 0.717) is 17.6 Å². The number of amides is 2. The monoisotopic (exact) mass is 427 g/mol. The molecule has 1 aliphatic carbocycles. The Kier molecular flexibility index (Phi) is 9.27. The van der Waals surface area contributed by atoms with Gasteiger partial charge in [-0.25, -0.2) is 4.79 Å². The number of hydrogen-bond acceptors (Lipinski definition) is 5. The third-order valence-electron chi connectivity index (χ3n) is 5.25. The standard InChI is InChI=1S/C21H38N4O3S/c1-16(2)12-13-18(26)19-24(20(27)22-17-10-8-6-7-9-11-17)23-21(28-19)29-15-14-25(3,4)5/h16-17,19H,6-15H2,1-5H3/p+1. The van der Waals surface area contributed by atoms with Crippen LogP contribution < -0.4 is 5.32 Å². The quantitative estimate of drug-likeness (QED) is 0.472. The number of nitrogens with one attached hydrogen (secondary N) is 1. The lowest BCUT2D eigenvalue weighted by Crippen LogP contribution is -2.48. The summed E-state index contributed by atoms with van der Waals surface area (Å²) in [4.78, 5) is 25.7. The zero-order chi connectivity index (χ0) is 21.4. The summed E-state index contributed by atoms with van der Waals surface area (Å²) in [7, 11) is 6.38. The number of rotatable bonds is 8. The molecule has 1 heterocycles. The summed E-state index contributed by atoms with van der Waals surface area (Å²) >= 11 is 1.47. The van der Waals surface area contributed by atoms with Gasteiger partial charge in [0, 0.05) is 12.5 Å². The summed E-state index contributed by atoms with van der Waals surface area (Å²) in [5.74, 6) is 1.15. The maximum Gasteiger partial charge on any atom is 0.341 e. The smallest absolute Gasteiger partial charge is 0.341 e. The molecule has 166 valence electrons. The second-order valence-electron chi connectivity index (χ2n) is 9.58. The normalized spacial score (nSPS) is 21.0. The summed E-state index contributed by atoms with van der Waals surface area (Å²) in [5, 5.41) is 9.12. The summed E-state index contributed by atoms with van der Waals surface area (Å²) in [6.45, 7) is 5.11. The molecule has 1 unspecified atom stereocenters. The molecule has 7 nitrogen and oxygen atoms in total. The van der Waals surface area contributed by atoms with Crippen LogP contribution >= 0.6 is 11.8 Å². The number of hydrogen-bond donors (Lipinski definition) is 1. The van der Waals surface area contributed by atoms with Crippen molar-refractivity contribution in [3.63, 3.8) is 0 Å². The minimum absolute atomic E-state index is 0.0827. The first kappa shape index (κ1) is 24.0. The molecular formula is C21H39N4O3S+. The van der Waals surface area contributed by atoms with Gasteiger partial charge in [-0.1, -0.05) is 51.3 Å². The van der Waals surface area contributed by atoms with Crippen molar-refractivity contribution in [2.45, 2.75) is 77.5 Å². The Morgan fingerprint density at radius 1 is 1.21 bits per heavy atom. The number of carbonyl (C=O) groups excluding carboxylic acids is 2. The van der Waals surface area contributed by atoms with Crippen LogP contribution in [0.1, 0.15) is 65.2 Å². The molecule has 0 saturated heterocycles. The number of urea groups is 1. The van der Waals surface area contributed by atoms with Crippen molar-refractivity contribution in [3.8, 4) is 0 Å². The largest absolute Gasteiger partial charge is 0.438 e.